The molecule has 3 nitrogen and oxygen atoms in total. The highest BCUT2D eigenvalue weighted by atomic mass is 16.3. The molecule has 1 heterocycles. The van der Waals surface area contributed by atoms with Crippen molar-refractivity contribution in [2.45, 2.75) is 52.1 Å². The number of aliphatic hydroxyl groups excluding tert-OH is 1. The number of aliphatic hydroxyl groups is 1. The molecule has 2 atom stereocenters. The van der Waals surface area contributed by atoms with Crippen LogP contribution in [0.15, 0.2) is 12.1 Å². The fourth-order valence-corrected chi connectivity index (χ4v) is 2.48. The van der Waals surface area contributed by atoms with E-state index in [4.69, 9.17) is 0 Å². The Kier molecular flexibility index (Phi) is 3.71. The summed E-state index contributed by atoms with van der Waals surface area (Å²) in [5, 5.41) is 13.1. The summed E-state index contributed by atoms with van der Waals surface area (Å²) in [4.78, 5) is 11.7. The third kappa shape index (κ3) is 2.27. The summed E-state index contributed by atoms with van der Waals surface area (Å²) in [6, 6.07) is 3.96. The van der Waals surface area contributed by atoms with Crippen LogP contribution in [0, 0.1) is 6.92 Å². The van der Waals surface area contributed by atoms with Crippen LogP contribution in [-0.2, 0) is 4.79 Å². The molecule has 0 aromatic heterocycles. The number of carbonyl (C=O) groups excluding carboxylic acids is 1. The standard InChI is InChI=1S/C15H21NO2/c1-4-5-6-13(17)11-7-9(2)14-12(8-11)10(3)15(18)16-14/h7-8,10,13,17H,4-6H2,1-3H3,(H,16,18). The van der Waals surface area contributed by atoms with Crippen LogP contribution in [0.5, 0.6) is 0 Å². The van der Waals surface area contributed by atoms with Crippen molar-refractivity contribution in [3.63, 3.8) is 0 Å². The zero-order valence-corrected chi connectivity index (χ0v) is 11.3. The van der Waals surface area contributed by atoms with Gasteiger partial charge in [0.1, 0.15) is 0 Å². The summed E-state index contributed by atoms with van der Waals surface area (Å²) in [6.45, 7) is 6.00. The molecule has 0 spiro atoms. The van der Waals surface area contributed by atoms with Gasteiger partial charge in [0, 0.05) is 5.69 Å². The Morgan fingerprint density at radius 2 is 2.17 bits per heavy atom. The number of benzene rings is 1. The van der Waals surface area contributed by atoms with E-state index in [0.29, 0.717) is 0 Å². The summed E-state index contributed by atoms with van der Waals surface area (Å²) >= 11 is 0. The molecular weight excluding hydrogens is 226 g/mol. The van der Waals surface area contributed by atoms with Crippen LogP contribution in [0.4, 0.5) is 5.69 Å². The first-order valence-electron chi connectivity index (χ1n) is 6.68. The first-order valence-corrected chi connectivity index (χ1v) is 6.68. The average molecular weight is 247 g/mol. The van der Waals surface area contributed by atoms with Crippen LogP contribution < -0.4 is 5.32 Å². The number of rotatable bonds is 4. The van der Waals surface area contributed by atoms with Crippen LogP contribution in [-0.4, -0.2) is 11.0 Å². The first kappa shape index (κ1) is 13.1. The molecular formula is C15H21NO2. The lowest BCUT2D eigenvalue weighted by molar-refractivity contribution is -0.116. The number of hydrogen-bond donors (Lipinski definition) is 2. The number of anilines is 1. The zero-order valence-electron chi connectivity index (χ0n) is 11.3. The summed E-state index contributed by atoms with van der Waals surface area (Å²) in [5.74, 6) is -0.0645. The highest BCUT2D eigenvalue weighted by Crippen LogP contribution is 2.37. The molecule has 0 aliphatic carbocycles. The van der Waals surface area contributed by atoms with Gasteiger partial charge < -0.3 is 10.4 Å². The van der Waals surface area contributed by atoms with Gasteiger partial charge in [-0.3, -0.25) is 4.79 Å². The Morgan fingerprint density at radius 1 is 1.44 bits per heavy atom. The van der Waals surface area contributed by atoms with Gasteiger partial charge in [0.05, 0.1) is 12.0 Å². The molecule has 0 fully saturated rings. The molecule has 1 aromatic carbocycles. The minimum absolute atomic E-state index is 0.0493. The number of fused-ring (bicyclic) bond motifs is 1. The molecule has 1 amide bonds. The van der Waals surface area contributed by atoms with Gasteiger partial charge in [0.15, 0.2) is 0 Å². The molecule has 3 heteroatoms. The van der Waals surface area contributed by atoms with Crippen molar-refractivity contribution in [3.8, 4) is 0 Å². The van der Waals surface area contributed by atoms with Gasteiger partial charge in [-0.25, -0.2) is 0 Å². The highest BCUT2D eigenvalue weighted by molar-refractivity contribution is 6.03. The van der Waals surface area contributed by atoms with E-state index < -0.39 is 6.10 Å². The van der Waals surface area contributed by atoms with Crippen LogP contribution in [0.3, 0.4) is 0 Å². The molecule has 0 bridgehead atoms. The van der Waals surface area contributed by atoms with Gasteiger partial charge in [0.2, 0.25) is 5.91 Å². The number of amides is 1. The second-order valence-corrected chi connectivity index (χ2v) is 5.17. The van der Waals surface area contributed by atoms with Crippen LogP contribution in [0.25, 0.3) is 0 Å². The van der Waals surface area contributed by atoms with Crippen molar-refractivity contribution in [2.24, 2.45) is 0 Å². The van der Waals surface area contributed by atoms with Crippen molar-refractivity contribution in [3.05, 3.63) is 28.8 Å². The SMILES string of the molecule is CCCCC(O)c1cc(C)c2c(c1)C(C)C(=O)N2. The normalized spacial score (nSPS) is 19.6. The number of nitrogens with one attached hydrogen (secondary N) is 1. The quantitative estimate of drug-likeness (QED) is 0.857. The van der Waals surface area contributed by atoms with E-state index in [9.17, 15) is 9.90 Å². The Labute approximate surface area is 108 Å². The Balaban J connectivity index is 2.31. The molecule has 98 valence electrons. The van der Waals surface area contributed by atoms with Crippen LogP contribution in [0.2, 0.25) is 0 Å². The molecule has 1 aromatic rings. The summed E-state index contributed by atoms with van der Waals surface area (Å²) in [7, 11) is 0. The largest absolute Gasteiger partial charge is 0.388 e. The van der Waals surface area contributed by atoms with Crippen LogP contribution in [0.1, 0.15) is 61.8 Å². The van der Waals surface area contributed by atoms with E-state index in [0.717, 1.165) is 41.6 Å². The number of carbonyl (C=O) groups is 1. The van der Waals surface area contributed by atoms with E-state index >= 15 is 0 Å². The third-order valence-electron chi connectivity index (χ3n) is 3.71. The van der Waals surface area contributed by atoms with Gasteiger partial charge >= 0.3 is 0 Å². The number of hydrogen-bond acceptors (Lipinski definition) is 2. The minimum atomic E-state index is -0.420. The molecule has 2 unspecified atom stereocenters. The molecule has 18 heavy (non-hydrogen) atoms. The molecule has 2 N–H and O–H groups in total. The summed E-state index contributed by atoms with van der Waals surface area (Å²) in [6.07, 6.45) is 2.46. The molecule has 0 saturated heterocycles. The van der Waals surface area contributed by atoms with Crippen molar-refractivity contribution in [1.29, 1.82) is 0 Å². The van der Waals surface area contributed by atoms with Gasteiger partial charge in [-0.05, 0) is 37.0 Å². The number of aryl methyl sites for hydroxylation is 1. The van der Waals surface area contributed by atoms with Gasteiger partial charge in [-0.1, -0.05) is 31.9 Å². The Bertz CT molecular complexity index is 468. The molecule has 0 saturated carbocycles. The lowest BCUT2D eigenvalue weighted by Gasteiger charge is -2.14. The average Bonchev–Trinajstić information content (AvgIpc) is 2.64. The lowest BCUT2D eigenvalue weighted by Crippen LogP contribution is -2.08. The maximum atomic E-state index is 11.7. The first-order chi connectivity index (χ1) is 8.54. The number of unbranched alkanes of at least 4 members (excludes halogenated alkanes) is 1. The summed E-state index contributed by atoms with van der Waals surface area (Å²) < 4.78 is 0. The monoisotopic (exact) mass is 247 g/mol. The molecule has 0 radical (unpaired) electrons. The Morgan fingerprint density at radius 3 is 2.83 bits per heavy atom. The second kappa shape index (κ2) is 5.11. The second-order valence-electron chi connectivity index (χ2n) is 5.17. The minimum Gasteiger partial charge on any atom is -0.388 e. The molecule has 2 rings (SSSR count). The van der Waals surface area contributed by atoms with Crippen molar-refractivity contribution in [2.75, 3.05) is 5.32 Å². The molecule has 1 aliphatic heterocycles. The predicted octanol–water partition coefficient (Wildman–Crippen LogP) is 3.27. The van der Waals surface area contributed by atoms with Crippen LogP contribution >= 0.6 is 0 Å². The Hall–Kier alpha value is -1.35. The maximum Gasteiger partial charge on any atom is 0.231 e. The van der Waals surface area contributed by atoms with Crippen molar-refractivity contribution >= 4 is 11.6 Å². The maximum absolute atomic E-state index is 11.7. The van der Waals surface area contributed by atoms with E-state index in [-0.39, 0.29) is 11.8 Å². The predicted molar refractivity (Wildman–Crippen MR) is 72.7 cm³/mol. The van der Waals surface area contributed by atoms with Gasteiger partial charge in [-0.15, -0.1) is 0 Å². The topological polar surface area (TPSA) is 49.3 Å². The fourth-order valence-electron chi connectivity index (χ4n) is 2.48. The fraction of sp³-hybridized carbons (Fsp3) is 0.533. The molecule has 1 aliphatic rings. The zero-order chi connectivity index (χ0) is 13.3. The van der Waals surface area contributed by atoms with Gasteiger partial charge in [0.25, 0.3) is 0 Å². The highest BCUT2D eigenvalue weighted by Gasteiger charge is 2.28. The van der Waals surface area contributed by atoms with E-state index in [1.165, 1.54) is 0 Å². The smallest absolute Gasteiger partial charge is 0.231 e. The summed E-state index contributed by atoms with van der Waals surface area (Å²) in [5.41, 5.74) is 3.92. The van der Waals surface area contributed by atoms with E-state index in [1.54, 1.807) is 0 Å². The van der Waals surface area contributed by atoms with E-state index in [2.05, 4.69) is 12.2 Å². The van der Waals surface area contributed by atoms with Crippen molar-refractivity contribution < 1.29 is 9.90 Å². The lowest BCUT2D eigenvalue weighted by atomic mass is 9.94. The van der Waals surface area contributed by atoms with Gasteiger partial charge in [-0.2, -0.15) is 0 Å². The van der Waals surface area contributed by atoms with Crippen molar-refractivity contribution in [1.82, 2.24) is 0 Å². The van der Waals surface area contributed by atoms with E-state index in [1.807, 2.05) is 26.0 Å². The third-order valence-corrected chi connectivity index (χ3v) is 3.71.